The van der Waals surface area contributed by atoms with Gasteiger partial charge in [-0.3, -0.25) is 14.9 Å². The van der Waals surface area contributed by atoms with E-state index in [4.69, 9.17) is 5.14 Å². The molecule has 3 N–H and O–H groups in total. The molecule has 1 amide bonds. The van der Waals surface area contributed by atoms with Crippen LogP contribution in [0.1, 0.15) is 18.9 Å². The number of carbonyl (C=O) groups excluding carboxylic acids is 1. The summed E-state index contributed by atoms with van der Waals surface area (Å²) in [5.41, 5.74) is 1.89. The summed E-state index contributed by atoms with van der Waals surface area (Å²) in [5.74, 6) is -0.314. The van der Waals surface area contributed by atoms with Crippen molar-refractivity contribution >= 4 is 50.1 Å². The van der Waals surface area contributed by atoms with Crippen LogP contribution in [-0.4, -0.2) is 34.6 Å². The van der Waals surface area contributed by atoms with E-state index in [0.717, 1.165) is 11.9 Å². The number of carbonyl (C=O) groups is 1. The first kappa shape index (κ1) is 22.7. The van der Waals surface area contributed by atoms with Crippen LogP contribution < -0.4 is 10.5 Å². The number of fused-ring (bicyclic) bond motifs is 1. The highest BCUT2D eigenvalue weighted by molar-refractivity contribution is 7.99. The van der Waals surface area contributed by atoms with Gasteiger partial charge in [0.05, 0.1) is 37.9 Å². The molecular weight excluding hydrogens is 442 g/mol. The molecule has 0 unspecified atom stereocenters. The molecule has 0 radical (unpaired) electrons. The number of aryl methyl sites for hydroxylation is 1. The molecule has 31 heavy (non-hydrogen) atoms. The van der Waals surface area contributed by atoms with E-state index in [2.05, 4.69) is 10.3 Å². The molecular formula is C19H21N5O5S2. The van der Waals surface area contributed by atoms with Gasteiger partial charge in [0.15, 0.2) is 5.16 Å². The van der Waals surface area contributed by atoms with Crippen LogP contribution in [0.3, 0.4) is 0 Å². The van der Waals surface area contributed by atoms with Crippen LogP contribution in [0.2, 0.25) is 0 Å². The number of nitrogens with one attached hydrogen (secondary N) is 1. The van der Waals surface area contributed by atoms with Crippen LogP contribution in [0.15, 0.2) is 46.5 Å². The van der Waals surface area contributed by atoms with Gasteiger partial charge in [-0.1, -0.05) is 24.8 Å². The van der Waals surface area contributed by atoms with E-state index in [1.807, 2.05) is 11.5 Å². The minimum absolute atomic E-state index is 0.0250. The highest BCUT2D eigenvalue weighted by Crippen LogP contribution is 2.28. The van der Waals surface area contributed by atoms with Crippen molar-refractivity contribution in [2.24, 2.45) is 5.14 Å². The smallest absolute Gasteiger partial charge is 0.274 e. The summed E-state index contributed by atoms with van der Waals surface area (Å²) >= 11 is 1.20. The number of primary sulfonamides is 1. The fourth-order valence-electron chi connectivity index (χ4n) is 3.09. The standard InChI is InChI=1S/C19H21N5O5S2/c1-3-9-23-17-8-7-13(31(20,28)29)10-15(17)22-19(23)30-11-18(25)21-14-5-4-6-16(12(14)2)24(26)27/h4-8,10H,3,9,11H2,1-2H3,(H,21,25)(H2,20,28,29). The highest BCUT2D eigenvalue weighted by atomic mass is 32.2. The average Bonchev–Trinajstić information content (AvgIpc) is 3.04. The predicted octanol–water partition coefficient (Wildman–Crippen LogP) is 3.04. The van der Waals surface area contributed by atoms with E-state index >= 15 is 0 Å². The van der Waals surface area contributed by atoms with E-state index in [-0.39, 0.29) is 22.2 Å². The Balaban J connectivity index is 1.81. The van der Waals surface area contributed by atoms with E-state index in [9.17, 15) is 23.3 Å². The molecule has 1 aromatic heterocycles. The average molecular weight is 464 g/mol. The fourth-order valence-corrected chi connectivity index (χ4v) is 4.46. The van der Waals surface area contributed by atoms with Gasteiger partial charge in [-0.05, 0) is 37.6 Å². The number of aromatic nitrogens is 2. The molecule has 2 aromatic carbocycles. The van der Waals surface area contributed by atoms with Crippen molar-refractivity contribution in [2.75, 3.05) is 11.1 Å². The van der Waals surface area contributed by atoms with Crippen LogP contribution in [0.4, 0.5) is 11.4 Å². The van der Waals surface area contributed by atoms with Crippen molar-refractivity contribution in [1.29, 1.82) is 0 Å². The van der Waals surface area contributed by atoms with Crippen molar-refractivity contribution in [1.82, 2.24) is 9.55 Å². The lowest BCUT2D eigenvalue weighted by Gasteiger charge is -2.09. The van der Waals surface area contributed by atoms with Crippen molar-refractivity contribution in [3.8, 4) is 0 Å². The summed E-state index contributed by atoms with van der Waals surface area (Å²) < 4.78 is 25.2. The molecule has 0 atom stereocenters. The van der Waals surface area contributed by atoms with E-state index < -0.39 is 14.9 Å². The molecule has 1 heterocycles. The number of sulfonamides is 1. The molecule has 0 saturated carbocycles. The van der Waals surface area contributed by atoms with Gasteiger partial charge in [0.2, 0.25) is 15.9 Å². The van der Waals surface area contributed by atoms with Gasteiger partial charge >= 0.3 is 0 Å². The van der Waals surface area contributed by atoms with Gasteiger partial charge in [-0.25, -0.2) is 18.5 Å². The normalized spacial score (nSPS) is 11.6. The molecule has 0 spiro atoms. The van der Waals surface area contributed by atoms with Crippen molar-refractivity contribution in [2.45, 2.75) is 36.9 Å². The molecule has 0 aliphatic rings. The van der Waals surface area contributed by atoms with Crippen molar-refractivity contribution in [3.63, 3.8) is 0 Å². The third-order valence-electron chi connectivity index (χ3n) is 4.57. The van der Waals surface area contributed by atoms with Crippen LogP contribution in [-0.2, 0) is 21.4 Å². The number of imidazole rings is 1. The summed E-state index contributed by atoms with van der Waals surface area (Å²) in [7, 11) is -3.85. The van der Waals surface area contributed by atoms with Crippen LogP contribution in [0, 0.1) is 17.0 Å². The molecule has 12 heteroatoms. The van der Waals surface area contributed by atoms with Crippen LogP contribution >= 0.6 is 11.8 Å². The minimum Gasteiger partial charge on any atom is -0.325 e. The lowest BCUT2D eigenvalue weighted by atomic mass is 10.1. The number of thioether (sulfide) groups is 1. The topological polar surface area (TPSA) is 150 Å². The Morgan fingerprint density at radius 3 is 2.71 bits per heavy atom. The number of hydrogen-bond donors (Lipinski definition) is 2. The lowest BCUT2D eigenvalue weighted by Crippen LogP contribution is -2.15. The Kier molecular flexibility index (Phi) is 6.62. The zero-order valence-electron chi connectivity index (χ0n) is 16.9. The molecule has 3 rings (SSSR count). The summed E-state index contributed by atoms with van der Waals surface area (Å²) in [5, 5.41) is 19.5. The van der Waals surface area contributed by atoms with Gasteiger partial charge in [-0.15, -0.1) is 0 Å². The molecule has 0 aliphatic heterocycles. The Labute approximate surface area is 183 Å². The first-order valence-corrected chi connectivity index (χ1v) is 11.8. The Bertz CT molecular complexity index is 1270. The lowest BCUT2D eigenvalue weighted by molar-refractivity contribution is -0.385. The minimum atomic E-state index is -3.85. The van der Waals surface area contributed by atoms with E-state index in [1.54, 1.807) is 19.1 Å². The number of nitrogens with two attached hydrogens (primary N) is 1. The summed E-state index contributed by atoms with van der Waals surface area (Å²) in [6, 6.07) is 8.98. The largest absolute Gasteiger partial charge is 0.325 e. The number of rotatable bonds is 8. The first-order valence-electron chi connectivity index (χ1n) is 9.31. The van der Waals surface area contributed by atoms with Crippen molar-refractivity contribution < 1.29 is 18.1 Å². The Morgan fingerprint density at radius 1 is 1.32 bits per heavy atom. The number of amides is 1. The van der Waals surface area contributed by atoms with Crippen LogP contribution in [0.5, 0.6) is 0 Å². The number of nitrogens with zero attached hydrogens (tertiary/aromatic N) is 3. The fraction of sp³-hybridized carbons (Fsp3) is 0.263. The third-order valence-corrected chi connectivity index (χ3v) is 6.46. The molecule has 3 aromatic rings. The highest BCUT2D eigenvalue weighted by Gasteiger charge is 2.18. The first-order chi connectivity index (χ1) is 14.6. The number of anilines is 1. The second kappa shape index (κ2) is 9.04. The maximum Gasteiger partial charge on any atom is 0.274 e. The van der Waals surface area contributed by atoms with E-state index in [1.165, 1.54) is 36.0 Å². The molecule has 164 valence electrons. The maximum atomic E-state index is 12.5. The van der Waals surface area contributed by atoms with Crippen LogP contribution in [0.25, 0.3) is 11.0 Å². The van der Waals surface area contributed by atoms with Gasteiger partial charge in [0.1, 0.15) is 0 Å². The van der Waals surface area contributed by atoms with Gasteiger partial charge in [0, 0.05) is 12.6 Å². The Morgan fingerprint density at radius 2 is 2.06 bits per heavy atom. The predicted molar refractivity (Wildman–Crippen MR) is 119 cm³/mol. The molecule has 0 fully saturated rings. The zero-order valence-corrected chi connectivity index (χ0v) is 18.5. The summed E-state index contributed by atoms with van der Waals surface area (Å²) in [6.07, 6.45) is 0.815. The molecule has 0 saturated heterocycles. The van der Waals surface area contributed by atoms with Gasteiger partial charge in [-0.2, -0.15) is 0 Å². The SMILES string of the molecule is CCCn1c(SCC(=O)Nc2cccc([N+](=O)[O-])c2C)nc2cc(S(N)(=O)=O)ccc21. The van der Waals surface area contributed by atoms with Gasteiger partial charge < -0.3 is 9.88 Å². The number of nitro benzene ring substituents is 1. The molecule has 0 bridgehead atoms. The van der Waals surface area contributed by atoms with E-state index in [0.29, 0.717) is 28.5 Å². The molecule has 10 nitrogen and oxygen atoms in total. The number of hydrogen-bond acceptors (Lipinski definition) is 7. The Hall–Kier alpha value is -2.96. The summed E-state index contributed by atoms with van der Waals surface area (Å²) in [4.78, 5) is 27.5. The second-order valence-corrected chi connectivity index (χ2v) is 9.29. The third kappa shape index (κ3) is 5.03. The van der Waals surface area contributed by atoms with Crippen molar-refractivity contribution in [3.05, 3.63) is 52.1 Å². The molecule has 0 aliphatic carbocycles. The monoisotopic (exact) mass is 463 g/mol. The maximum absolute atomic E-state index is 12.5. The second-order valence-electron chi connectivity index (χ2n) is 6.79. The summed E-state index contributed by atoms with van der Waals surface area (Å²) in [6.45, 7) is 4.21. The van der Waals surface area contributed by atoms with Gasteiger partial charge in [0.25, 0.3) is 5.69 Å². The quantitative estimate of drug-likeness (QED) is 0.296. The number of nitro groups is 1. The number of benzene rings is 2. The zero-order chi connectivity index (χ0) is 22.8.